The first-order valence-corrected chi connectivity index (χ1v) is 1.68. The van der Waals surface area contributed by atoms with E-state index >= 15 is 0 Å². The molecule has 0 saturated heterocycles. The van der Waals surface area contributed by atoms with Crippen molar-refractivity contribution in [3.63, 3.8) is 0 Å². The predicted molar refractivity (Wildman–Crippen MR) is 20.8 cm³/mol. The number of halogens is 2. The lowest BCUT2D eigenvalue weighted by Gasteiger charge is -1.78. The molecule has 0 N–H and O–H groups in total. The molecule has 0 saturated carbocycles. The van der Waals surface area contributed by atoms with Crippen LogP contribution in [0.2, 0.25) is 0 Å². The highest BCUT2D eigenvalue weighted by Crippen LogP contribution is 1.90. The second-order valence-electron chi connectivity index (χ2n) is 0.860. The molecule has 0 bridgehead atoms. The van der Waals surface area contributed by atoms with Gasteiger partial charge < -0.3 is 0 Å². The second-order valence-corrected chi connectivity index (χ2v) is 0.860. The van der Waals surface area contributed by atoms with Crippen LogP contribution >= 0.6 is 0 Å². The summed E-state index contributed by atoms with van der Waals surface area (Å²) in [5.41, 5.74) is 0. The van der Waals surface area contributed by atoms with E-state index in [9.17, 15) is 8.78 Å². The van der Waals surface area contributed by atoms with Crippen molar-refractivity contribution in [3.05, 3.63) is 12.2 Å². The Morgan fingerprint density at radius 3 is 2.00 bits per heavy atom. The fraction of sp³-hybridized carbons (Fsp3) is 0.500. The van der Waals surface area contributed by atoms with Crippen LogP contribution in [0.25, 0.3) is 0 Å². The predicted octanol–water partition coefficient (Wildman–Crippen LogP) is 1.83. The molecule has 0 aromatic carbocycles. The highest BCUT2D eigenvalue weighted by atomic mass is 19.3. The summed E-state index contributed by atoms with van der Waals surface area (Å²) in [5, 5.41) is 0. The van der Waals surface area contributed by atoms with Gasteiger partial charge in [0.25, 0.3) is 6.43 Å². The fourth-order valence-electron chi connectivity index (χ4n) is 0.145. The van der Waals surface area contributed by atoms with E-state index in [1.54, 1.807) is 6.92 Å². The van der Waals surface area contributed by atoms with Gasteiger partial charge in [-0.25, -0.2) is 8.78 Å². The second kappa shape index (κ2) is 2.82. The van der Waals surface area contributed by atoms with Crippen molar-refractivity contribution in [1.29, 1.82) is 0 Å². The average Bonchev–Trinajstić information content (AvgIpc) is 1.35. The zero-order valence-corrected chi connectivity index (χ0v) is 3.49. The molecule has 6 heavy (non-hydrogen) atoms. The van der Waals surface area contributed by atoms with Crippen LogP contribution in [-0.4, -0.2) is 6.43 Å². The monoisotopic (exact) mass is 92.0 g/mol. The molecule has 0 amide bonds. The average molecular weight is 92.1 g/mol. The number of hydrogen-bond acceptors (Lipinski definition) is 0. The highest BCUT2D eigenvalue weighted by Gasteiger charge is 1.87. The van der Waals surface area contributed by atoms with E-state index in [4.69, 9.17) is 0 Å². The molecule has 0 radical (unpaired) electrons. The van der Waals surface area contributed by atoms with E-state index in [-0.39, 0.29) is 0 Å². The molecule has 0 fully saturated rings. The van der Waals surface area contributed by atoms with Crippen LogP contribution in [0.3, 0.4) is 0 Å². The maximum atomic E-state index is 10.9. The van der Waals surface area contributed by atoms with Crippen LogP contribution in [0.1, 0.15) is 6.92 Å². The van der Waals surface area contributed by atoms with Gasteiger partial charge in [0.2, 0.25) is 0 Å². The Bertz CT molecular complexity index is 47.5. The summed E-state index contributed by atoms with van der Waals surface area (Å²) >= 11 is 0. The Labute approximate surface area is 35.5 Å². The summed E-state index contributed by atoms with van der Waals surface area (Å²) < 4.78 is 21.9. The van der Waals surface area contributed by atoms with Gasteiger partial charge >= 0.3 is 0 Å². The Kier molecular flexibility index (Phi) is 2.63. The fourth-order valence-corrected chi connectivity index (χ4v) is 0.145. The van der Waals surface area contributed by atoms with E-state index < -0.39 is 6.43 Å². The van der Waals surface area contributed by atoms with E-state index in [1.807, 2.05) is 0 Å². The zero-order valence-electron chi connectivity index (χ0n) is 3.49. The largest absolute Gasteiger partial charge is 0.257 e. The van der Waals surface area contributed by atoms with Gasteiger partial charge in [0.15, 0.2) is 0 Å². The van der Waals surface area contributed by atoms with E-state index in [1.165, 1.54) is 6.08 Å². The molecule has 0 nitrogen and oxygen atoms in total. The molecular formula is C4H6F2. The van der Waals surface area contributed by atoms with Gasteiger partial charge in [0.05, 0.1) is 0 Å². The minimum absolute atomic E-state index is 0.833. The molecule has 0 aliphatic heterocycles. The number of allylic oxidation sites excluding steroid dienone is 2. The first-order chi connectivity index (χ1) is 2.77. The molecule has 0 unspecified atom stereocenters. The van der Waals surface area contributed by atoms with Crippen molar-refractivity contribution in [1.82, 2.24) is 0 Å². The summed E-state index contributed by atoms with van der Waals surface area (Å²) in [5.74, 6) is 0. The van der Waals surface area contributed by atoms with Crippen LogP contribution in [0.5, 0.6) is 0 Å². The number of hydrogen-bond donors (Lipinski definition) is 0. The van der Waals surface area contributed by atoms with Gasteiger partial charge in [-0.15, -0.1) is 0 Å². The van der Waals surface area contributed by atoms with Gasteiger partial charge in [-0.2, -0.15) is 0 Å². The van der Waals surface area contributed by atoms with E-state index in [0.29, 0.717) is 0 Å². The molecule has 0 spiro atoms. The van der Waals surface area contributed by atoms with Crippen LogP contribution in [0.15, 0.2) is 12.2 Å². The molecule has 0 aromatic heterocycles. The minimum Gasteiger partial charge on any atom is -0.206 e. The summed E-state index contributed by atoms with van der Waals surface area (Å²) in [6, 6.07) is 0. The maximum Gasteiger partial charge on any atom is 0.257 e. The Morgan fingerprint density at radius 1 is 1.50 bits per heavy atom. The molecule has 0 aliphatic carbocycles. The molecule has 0 rings (SSSR count). The molecule has 0 atom stereocenters. The first kappa shape index (κ1) is 5.60. The summed E-state index contributed by atoms with van der Waals surface area (Å²) in [7, 11) is 0. The topological polar surface area (TPSA) is 0 Å². The van der Waals surface area contributed by atoms with Crippen LogP contribution < -0.4 is 0 Å². The van der Waals surface area contributed by atoms with E-state index in [0.717, 1.165) is 6.08 Å². The van der Waals surface area contributed by atoms with Gasteiger partial charge in [0.1, 0.15) is 0 Å². The van der Waals surface area contributed by atoms with Crippen LogP contribution in [0, 0.1) is 0 Å². The lowest BCUT2D eigenvalue weighted by atomic mass is 10.6. The maximum absolute atomic E-state index is 10.9. The Balaban J connectivity index is 3.03. The van der Waals surface area contributed by atoms with Gasteiger partial charge in [-0.1, -0.05) is 6.08 Å². The molecule has 0 heterocycles. The van der Waals surface area contributed by atoms with Crippen molar-refractivity contribution in [2.75, 3.05) is 0 Å². The lowest BCUT2D eigenvalue weighted by molar-refractivity contribution is 0.204. The van der Waals surface area contributed by atoms with Gasteiger partial charge in [-0.3, -0.25) is 0 Å². The third-order valence-electron chi connectivity index (χ3n) is 0.338. The van der Waals surface area contributed by atoms with Crippen molar-refractivity contribution < 1.29 is 8.78 Å². The SMILES string of the molecule is C/C=C/C(F)F. The number of rotatable bonds is 1. The van der Waals surface area contributed by atoms with Crippen molar-refractivity contribution in [3.8, 4) is 0 Å². The lowest BCUT2D eigenvalue weighted by Crippen LogP contribution is -1.76. The van der Waals surface area contributed by atoms with Crippen LogP contribution in [0.4, 0.5) is 8.78 Å². The Hall–Kier alpha value is -0.400. The summed E-state index contributed by atoms with van der Waals surface area (Å²) in [4.78, 5) is 0. The molecule has 2 heteroatoms. The quantitative estimate of drug-likeness (QED) is 0.433. The highest BCUT2D eigenvalue weighted by molar-refractivity contribution is 4.78. The van der Waals surface area contributed by atoms with Crippen LogP contribution in [-0.2, 0) is 0 Å². The van der Waals surface area contributed by atoms with Crippen molar-refractivity contribution >= 4 is 0 Å². The number of alkyl halides is 2. The minimum atomic E-state index is -2.28. The van der Waals surface area contributed by atoms with Gasteiger partial charge in [0, 0.05) is 0 Å². The third-order valence-corrected chi connectivity index (χ3v) is 0.338. The van der Waals surface area contributed by atoms with E-state index in [2.05, 4.69) is 0 Å². The molecule has 36 valence electrons. The Morgan fingerprint density at radius 2 is 2.00 bits per heavy atom. The van der Waals surface area contributed by atoms with Crippen molar-refractivity contribution in [2.45, 2.75) is 13.3 Å². The molecular weight excluding hydrogens is 86.0 g/mol. The normalized spacial score (nSPS) is 11.3. The summed E-state index contributed by atoms with van der Waals surface area (Å²) in [6.07, 6.45) is -0.125. The van der Waals surface area contributed by atoms with Gasteiger partial charge in [-0.05, 0) is 13.0 Å². The third kappa shape index (κ3) is 3.60. The smallest absolute Gasteiger partial charge is 0.206 e. The van der Waals surface area contributed by atoms with Crippen molar-refractivity contribution in [2.24, 2.45) is 0 Å². The molecule has 0 aromatic rings. The zero-order chi connectivity index (χ0) is 4.99. The summed E-state index contributed by atoms with van der Waals surface area (Å²) in [6.45, 7) is 1.56. The molecule has 0 aliphatic rings. The first-order valence-electron chi connectivity index (χ1n) is 1.68. The standard InChI is InChI=1S/C4H6F2/c1-2-3-4(5)6/h2-4H,1H3/b3-2+.